The summed E-state index contributed by atoms with van der Waals surface area (Å²) < 4.78 is 19.9. The molecule has 8 nitrogen and oxygen atoms in total. The van der Waals surface area contributed by atoms with Gasteiger partial charge in [-0.2, -0.15) is 0 Å². The van der Waals surface area contributed by atoms with E-state index in [1.807, 2.05) is 0 Å². The van der Waals surface area contributed by atoms with Crippen molar-refractivity contribution in [3.63, 3.8) is 0 Å². The Hall–Kier alpha value is -2.12. The molecule has 0 heterocycles. The van der Waals surface area contributed by atoms with E-state index in [4.69, 9.17) is 18.9 Å². The summed E-state index contributed by atoms with van der Waals surface area (Å²) in [5.74, 6) is -2.73. The average molecular weight is 318 g/mol. The smallest absolute Gasteiger partial charge is 0.303 e. The van der Waals surface area contributed by atoms with Crippen molar-refractivity contribution < 1.29 is 38.1 Å². The molecule has 0 aliphatic rings. The van der Waals surface area contributed by atoms with Crippen molar-refractivity contribution >= 4 is 23.9 Å². The van der Waals surface area contributed by atoms with Gasteiger partial charge in [0.2, 0.25) is 0 Å². The summed E-state index contributed by atoms with van der Waals surface area (Å²) in [6.07, 6.45) is -1.91. The van der Waals surface area contributed by atoms with Crippen molar-refractivity contribution in [1.29, 1.82) is 0 Å². The van der Waals surface area contributed by atoms with E-state index in [9.17, 15) is 19.2 Å². The Kier molecular flexibility index (Phi) is 8.81. The zero-order valence-electron chi connectivity index (χ0n) is 13.4. The molecule has 0 unspecified atom stereocenters. The molecule has 0 aliphatic carbocycles. The Morgan fingerprint density at radius 3 is 1.59 bits per heavy atom. The van der Waals surface area contributed by atoms with E-state index >= 15 is 0 Å². The monoisotopic (exact) mass is 318 g/mol. The van der Waals surface area contributed by atoms with Crippen molar-refractivity contribution in [2.75, 3.05) is 13.2 Å². The Bertz CT molecular complexity index is 417. The highest BCUT2D eigenvalue weighted by molar-refractivity contribution is 5.68. The van der Waals surface area contributed by atoms with Crippen LogP contribution in [0.1, 0.15) is 34.6 Å². The number of carbonyl (C=O) groups is 4. The third-order valence-electron chi connectivity index (χ3n) is 2.55. The predicted octanol–water partition coefficient (Wildman–Crippen LogP) is 0.612. The molecule has 126 valence electrons. The molecule has 0 aromatic heterocycles. The van der Waals surface area contributed by atoms with Gasteiger partial charge in [-0.15, -0.1) is 0 Å². The zero-order valence-corrected chi connectivity index (χ0v) is 13.4. The average Bonchev–Trinajstić information content (AvgIpc) is 2.37. The highest BCUT2D eigenvalue weighted by atomic mass is 16.6. The highest BCUT2D eigenvalue weighted by Crippen LogP contribution is 2.17. The number of carbonyl (C=O) groups excluding carboxylic acids is 4. The Balaban J connectivity index is 5.07. The van der Waals surface area contributed by atoms with Crippen molar-refractivity contribution in [3.8, 4) is 0 Å². The van der Waals surface area contributed by atoms with Crippen LogP contribution >= 0.6 is 0 Å². The lowest BCUT2D eigenvalue weighted by Crippen LogP contribution is -2.43. The molecule has 0 saturated heterocycles. The normalized spacial score (nSPS) is 14.2. The fourth-order valence-corrected chi connectivity index (χ4v) is 1.70. The molecular weight excluding hydrogens is 296 g/mol. The molecule has 0 aliphatic heterocycles. The minimum atomic E-state index is -0.990. The second-order valence-corrected chi connectivity index (χ2v) is 4.80. The molecule has 0 aromatic carbocycles. The van der Waals surface area contributed by atoms with Crippen LogP contribution in [0.25, 0.3) is 0 Å². The van der Waals surface area contributed by atoms with Crippen LogP contribution in [-0.4, -0.2) is 49.3 Å². The summed E-state index contributed by atoms with van der Waals surface area (Å²) in [5, 5.41) is 0. The molecular formula is C14H22O8. The summed E-state index contributed by atoms with van der Waals surface area (Å²) in [6.45, 7) is 6.18. The quantitative estimate of drug-likeness (QED) is 0.473. The second kappa shape index (κ2) is 9.75. The van der Waals surface area contributed by atoms with Crippen LogP contribution in [-0.2, 0) is 38.1 Å². The first kappa shape index (κ1) is 19.9. The fourth-order valence-electron chi connectivity index (χ4n) is 1.70. The first-order chi connectivity index (χ1) is 10.1. The van der Waals surface area contributed by atoms with Gasteiger partial charge >= 0.3 is 23.9 Å². The van der Waals surface area contributed by atoms with Gasteiger partial charge in [-0.05, 0) is 0 Å². The molecule has 0 N–H and O–H groups in total. The molecule has 0 spiro atoms. The third kappa shape index (κ3) is 8.93. The van der Waals surface area contributed by atoms with Crippen LogP contribution in [0, 0.1) is 5.92 Å². The molecule has 22 heavy (non-hydrogen) atoms. The number of hydrogen-bond acceptors (Lipinski definition) is 8. The zero-order chi connectivity index (χ0) is 17.3. The Morgan fingerprint density at radius 2 is 1.18 bits per heavy atom. The van der Waals surface area contributed by atoms with E-state index in [1.165, 1.54) is 27.7 Å². The molecule has 0 amide bonds. The van der Waals surface area contributed by atoms with Gasteiger partial charge in [0.1, 0.15) is 12.7 Å². The van der Waals surface area contributed by atoms with Crippen molar-refractivity contribution in [3.05, 3.63) is 0 Å². The van der Waals surface area contributed by atoms with Crippen LogP contribution in [0.4, 0.5) is 0 Å². The molecule has 0 radical (unpaired) electrons. The van der Waals surface area contributed by atoms with Crippen molar-refractivity contribution in [2.24, 2.45) is 5.92 Å². The summed E-state index contributed by atoms with van der Waals surface area (Å²) in [6, 6.07) is 0. The van der Waals surface area contributed by atoms with Gasteiger partial charge in [-0.25, -0.2) is 0 Å². The van der Waals surface area contributed by atoms with E-state index in [0.717, 1.165) is 0 Å². The molecule has 0 rings (SSSR count). The maximum Gasteiger partial charge on any atom is 0.303 e. The Morgan fingerprint density at radius 1 is 0.727 bits per heavy atom. The largest absolute Gasteiger partial charge is 0.465 e. The van der Waals surface area contributed by atoms with Crippen molar-refractivity contribution in [2.45, 2.75) is 46.8 Å². The maximum absolute atomic E-state index is 11.2. The molecule has 8 heteroatoms. The lowest BCUT2D eigenvalue weighted by molar-refractivity contribution is -0.179. The lowest BCUT2D eigenvalue weighted by atomic mass is 10.0. The Labute approximate surface area is 129 Å². The predicted molar refractivity (Wildman–Crippen MR) is 73.5 cm³/mol. The first-order valence-corrected chi connectivity index (χ1v) is 6.74. The van der Waals surface area contributed by atoms with Gasteiger partial charge < -0.3 is 18.9 Å². The van der Waals surface area contributed by atoms with Gasteiger partial charge in [-0.1, -0.05) is 6.92 Å². The molecule has 0 saturated carbocycles. The summed E-state index contributed by atoms with van der Waals surface area (Å²) in [4.78, 5) is 44.2. The van der Waals surface area contributed by atoms with Gasteiger partial charge in [0.05, 0.1) is 6.61 Å². The van der Waals surface area contributed by atoms with Crippen LogP contribution in [0.15, 0.2) is 0 Å². The maximum atomic E-state index is 11.2. The standard InChI is InChI=1S/C14H22O8/c1-8(6-19-9(2)15)14(22-12(5)18)13(21-11(4)17)7-20-10(3)16/h8,13-14H,6-7H2,1-5H3/t8-,13+,14+/m0/s1. The second-order valence-electron chi connectivity index (χ2n) is 4.80. The highest BCUT2D eigenvalue weighted by Gasteiger charge is 2.33. The van der Waals surface area contributed by atoms with E-state index in [1.54, 1.807) is 6.92 Å². The van der Waals surface area contributed by atoms with Gasteiger partial charge in [0.15, 0.2) is 6.10 Å². The summed E-state index contributed by atoms with van der Waals surface area (Å²) in [5.41, 5.74) is 0. The summed E-state index contributed by atoms with van der Waals surface area (Å²) in [7, 11) is 0. The third-order valence-corrected chi connectivity index (χ3v) is 2.55. The van der Waals surface area contributed by atoms with E-state index in [2.05, 4.69) is 0 Å². The molecule has 3 atom stereocenters. The fraction of sp³-hybridized carbons (Fsp3) is 0.714. The van der Waals surface area contributed by atoms with Gasteiger partial charge in [0.25, 0.3) is 0 Å². The minimum absolute atomic E-state index is 0.0366. The molecule has 0 fully saturated rings. The molecule has 0 bridgehead atoms. The number of ether oxygens (including phenoxy) is 4. The summed E-state index contributed by atoms with van der Waals surface area (Å²) >= 11 is 0. The number of rotatable bonds is 8. The van der Waals surface area contributed by atoms with Crippen molar-refractivity contribution in [1.82, 2.24) is 0 Å². The van der Waals surface area contributed by atoms with Crippen LogP contribution in [0.3, 0.4) is 0 Å². The van der Waals surface area contributed by atoms with E-state index in [-0.39, 0.29) is 13.2 Å². The first-order valence-electron chi connectivity index (χ1n) is 6.74. The van der Waals surface area contributed by atoms with E-state index < -0.39 is 42.0 Å². The van der Waals surface area contributed by atoms with E-state index in [0.29, 0.717) is 0 Å². The molecule has 0 aromatic rings. The van der Waals surface area contributed by atoms with Crippen LogP contribution in [0.2, 0.25) is 0 Å². The van der Waals surface area contributed by atoms with Gasteiger partial charge in [0, 0.05) is 33.6 Å². The number of hydrogen-bond donors (Lipinski definition) is 0. The topological polar surface area (TPSA) is 105 Å². The lowest BCUT2D eigenvalue weighted by Gasteiger charge is -2.30. The van der Waals surface area contributed by atoms with Crippen LogP contribution < -0.4 is 0 Å². The van der Waals surface area contributed by atoms with Crippen LogP contribution in [0.5, 0.6) is 0 Å². The van der Waals surface area contributed by atoms with Gasteiger partial charge in [-0.3, -0.25) is 19.2 Å². The SMILES string of the molecule is CC(=O)OC[C@H](C)[C@@H](OC(C)=O)[C@@H](COC(C)=O)OC(C)=O. The minimum Gasteiger partial charge on any atom is -0.465 e. The number of esters is 4.